The molecule has 1 amide bonds. The van der Waals surface area contributed by atoms with Crippen molar-refractivity contribution in [1.82, 2.24) is 4.98 Å². The number of carbonyl (C=O) groups is 1. The van der Waals surface area contributed by atoms with E-state index in [4.69, 9.17) is 9.72 Å². The molecule has 172 valence electrons. The number of benzene rings is 4. The molecule has 35 heavy (non-hydrogen) atoms. The lowest BCUT2D eigenvalue weighted by atomic mass is 10.1. The summed E-state index contributed by atoms with van der Waals surface area (Å²) in [5, 5.41) is 4.47. The van der Waals surface area contributed by atoms with E-state index in [9.17, 15) is 9.18 Å². The van der Waals surface area contributed by atoms with E-state index in [1.807, 2.05) is 66.7 Å². The molecule has 0 fully saturated rings. The monoisotopic (exact) mass is 544 g/mol. The number of nitrogens with zero attached hydrogens (tertiary/aromatic N) is 1. The Labute approximate surface area is 214 Å². The average molecular weight is 545 g/mol. The lowest BCUT2D eigenvalue weighted by Gasteiger charge is -2.06. The van der Waals surface area contributed by atoms with Gasteiger partial charge in [-0.1, -0.05) is 57.6 Å². The number of rotatable bonds is 6. The molecule has 5 rings (SSSR count). The summed E-state index contributed by atoms with van der Waals surface area (Å²) in [6, 6.07) is 30.3. The van der Waals surface area contributed by atoms with Gasteiger partial charge in [0.05, 0.1) is 0 Å². The third-order valence-electron chi connectivity index (χ3n) is 5.16. The summed E-state index contributed by atoms with van der Waals surface area (Å²) in [4.78, 5) is 17.8. The quantitative estimate of drug-likeness (QED) is 0.233. The Balaban J connectivity index is 1.43. The number of anilines is 1. The number of hydrogen-bond acceptors (Lipinski definition) is 4. The Morgan fingerprint density at radius 2 is 1.43 bits per heavy atom. The van der Waals surface area contributed by atoms with Gasteiger partial charge in [0.1, 0.15) is 33.0 Å². The lowest BCUT2D eigenvalue weighted by Crippen LogP contribution is -2.11. The number of amides is 1. The van der Waals surface area contributed by atoms with E-state index < -0.39 is 0 Å². The lowest BCUT2D eigenvalue weighted by molar-refractivity contribution is 0.102. The van der Waals surface area contributed by atoms with Crippen molar-refractivity contribution in [2.45, 2.75) is 0 Å². The smallest absolute Gasteiger partial charge is 0.256 e. The first-order valence-corrected chi connectivity index (χ1v) is 12.3. The normalized spacial score (nSPS) is 10.7. The minimum Gasteiger partial charge on any atom is -0.457 e. The summed E-state index contributed by atoms with van der Waals surface area (Å²) in [6.07, 6.45) is 0. The first-order valence-electron chi connectivity index (χ1n) is 10.7. The van der Waals surface area contributed by atoms with Crippen molar-refractivity contribution in [1.29, 1.82) is 0 Å². The summed E-state index contributed by atoms with van der Waals surface area (Å²) in [5.74, 6) is 0.670. The molecule has 0 unspecified atom stereocenters. The van der Waals surface area contributed by atoms with E-state index in [0.29, 0.717) is 27.8 Å². The van der Waals surface area contributed by atoms with Crippen molar-refractivity contribution >= 4 is 38.2 Å². The van der Waals surface area contributed by atoms with Gasteiger partial charge in [-0.3, -0.25) is 4.79 Å². The average Bonchev–Trinajstić information content (AvgIpc) is 3.30. The van der Waals surface area contributed by atoms with Crippen LogP contribution in [0.3, 0.4) is 0 Å². The number of thiazole rings is 1. The molecule has 1 aromatic heterocycles. The number of ether oxygens (including phenoxy) is 1. The fourth-order valence-electron chi connectivity index (χ4n) is 3.40. The molecule has 1 N–H and O–H groups in total. The van der Waals surface area contributed by atoms with Crippen LogP contribution in [-0.2, 0) is 0 Å². The molecule has 0 aliphatic rings. The van der Waals surface area contributed by atoms with Crippen molar-refractivity contribution in [3.63, 3.8) is 0 Å². The highest BCUT2D eigenvalue weighted by molar-refractivity contribution is 9.10. The van der Waals surface area contributed by atoms with Gasteiger partial charge in [0, 0.05) is 21.2 Å². The van der Waals surface area contributed by atoms with E-state index in [1.165, 1.54) is 23.5 Å². The molecule has 0 atom stereocenters. The van der Waals surface area contributed by atoms with Gasteiger partial charge in [0.25, 0.3) is 5.91 Å². The van der Waals surface area contributed by atoms with Crippen LogP contribution in [-0.4, -0.2) is 10.9 Å². The van der Waals surface area contributed by atoms with Crippen molar-refractivity contribution in [2.75, 3.05) is 5.32 Å². The Kier molecular flexibility index (Phi) is 6.70. The highest BCUT2D eigenvalue weighted by atomic mass is 79.9. The Morgan fingerprint density at radius 3 is 2.09 bits per heavy atom. The molecule has 0 radical (unpaired) electrons. The van der Waals surface area contributed by atoms with E-state index in [0.717, 1.165) is 20.6 Å². The van der Waals surface area contributed by atoms with Gasteiger partial charge in [0.15, 0.2) is 0 Å². The second kappa shape index (κ2) is 10.2. The molecule has 5 aromatic rings. The predicted molar refractivity (Wildman–Crippen MR) is 142 cm³/mol. The topological polar surface area (TPSA) is 51.2 Å². The number of carbonyl (C=O) groups excluding carboxylic acids is 1. The highest BCUT2D eigenvalue weighted by Gasteiger charge is 2.17. The molecular formula is C28H18BrFN2O2S. The largest absolute Gasteiger partial charge is 0.457 e. The van der Waals surface area contributed by atoms with Crippen LogP contribution in [0.4, 0.5) is 9.39 Å². The Morgan fingerprint density at radius 1 is 0.800 bits per heavy atom. The number of nitrogens with one attached hydrogen (secondary N) is 1. The molecule has 4 nitrogen and oxygen atoms in total. The molecule has 7 heteroatoms. The molecular weight excluding hydrogens is 527 g/mol. The molecule has 0 aliphatic heterocycles. The van der Waals surface area contributed by atoms with Crippen LogP contribution in [0.2, 0.25) is 0 Å². The van der Waals surface area contributed by atoms with Crippen molar-refractivity contribution < 1.29 is 13.9 Å². The van der Waals surface area contributed by atoms with Crippen LogP contribution < -0.4 is 10.1 Å². The molecule has 0 bridgehead atoms. The SMILES string of the molecule is O=C(Nc1sc(-c2ccc(Oc3ccc(F)cc3)cc2)nc1-c1ccccc1)c1ccc(Br)cc1. The molecule has 0 spiro atoms. The van der Waals surface area contributed by atoms with Crippen LogP contribution in [0, 0.1) is 5.82 Å². The van der Waals surface area contributed by atoms with Crippen molar-refractivity contribution in [2.24, 2.45) is 0 Å². The van der Waals surface area contributed by atoms with Gasteiger partial charge in [-0.05, 0) is 72.8 Å². The number of halogens is 2. The second-order valence-electron chi connectivity index (χ2n) is 7.60. The zero-order valence-corrected chi connectivity index (χ0v) is 20.6. The van der Waals surface area contributed by atoms with Gasteiger partial charge < -0.3 is 10.1 Å². The third-order valence-corrected chi connectivity index (χ3v) is 6.71. The van der Waals surface area contributed by atoms with Crippen LogP contribution in [0.5, 0.6) is 11.5 Å². The standard InChI is InChI=1S/C28H18BrFN2O2S/c29-21-10-6-19(7-11-21)26(33)32-28-25(18-4-2-1-3-5-18)31-27(35-28)20-8-14-23(15-9-20)34-24-16-12-22(30)13-17-24/h1-17H,(H,32,33). The minimum atomic E-state index is -0.311. The molecule has 0 aliphatic carbocycles. The zero-order valence-electron chi connectivity index (χ0n) is 18.2. The first kappa shape index (κ1) is 23.0. The van der Waals surface area contributed by atoms with Gasteiger partial charge in [-0.25, -0.2) is 9.37 Å². The molecule has 0 saturated carbocycles. The zero-order chi connectivity index (χ0) is 24.2. The van der Waals surface area contributed by atoms with Crippen molar-refractivity contribution in [3.05, 3.63) is 119 Å². The Hall–Kier alpha value is -3.81. The summed E-state index contributed by atoms with van der Waals surface area (Å²) >= 11 is 4.81. The molecule has 1 heterocycles. The maximum atomic E-state index is 13.1. The summed E-state index contributed by atoms with van der Waals surface area (Å²) in [7, 11) is 0. The van der Waals surface area contributed by atoms with Gasteiger partial charge in [-0.2, -0.15) is 0 Å². The van der Waals surface area contributed by atoms with Gasteiger partial charge >= 0.3 is 0 Å². The number of hydrogen-bond donors (Lipinski definition) is 1. The molecule has 0 saturated heterocycles. The van der Waals surface area contributed by atoms with Crippen LogP contribution >= 0.6 is 27.3 Å². The van der Waals surface area contributed by atoms with Crippen LogP contribution in [0.1, 0.15) is 10.4 Å². The van der Waals surface area contributed by atoms with E-state index in [2.05, 4.69) is 21.2 Å². The maximum Gasteiger partial charge on any atom is 0.256 e. The van der Waals surface area contributed by atoms with Gasteiger partial charge in [-0.15, -0.1) is 0 Å². The molecule has 4 aromatic carbocycles. The highest BCUT2D eigenvalue weighted by Crippen LogP contribution is 2.39. The van der Waals surface area contributed by atoms with Crippen LogP contribution in [0.25, 0.3) is 21.8 Å². The van der Waals surface area contributed by atoms with E-state index in [1.54, 1.807) is 24.3 Å². The summed E-state index contributed by atoms with van der Waals surface area (Å²) in [5.41, 5.74) is 3.08. The summed E-state index contributed by atoms with van der Waals surface area (Å²) < 4.78 is 19.8. The Bertz CT molecular complexity index is 1450. The fourth-order valence-corrected chi connectivity index (χ4v) is 4.65. The number of aromatic nitrogens is 1. The first-order chi connectivity index (χ1) is 17.0. The van der Waals surface area contributed by atoms with Crippen molar-refractivity contribution in [3.8, 4) is 33.3 Å². The summed E-state index contributed by atoms with van der Waals surface area (Å²) in [6.45, 7) is 0. The van der Waals surface area contributed by atoms with E-state index >= 15 is 0 Å². The third kappa shape index (κ3) is 5.48. The maximum absolute atomic E-state index is 13.1. The minimum absolute atomic E-state index is 0.201. The van der Waals surface area contributed by atoms with Gasteiger partial charge in [0.2, 0.25) is 0 Å². The predicted octanol–water partition coefficient (Wildman–Crippen LogP) is 8.42. The fraction of sp³-hybridized carbons (Fsp3) is 0. The second-order valence-corrected chi connectivity index (χ2v) is 9.52. The van der Waals surface area contributed by atoms with Crippen LogP contribution in [0.15, 0.2) is 108 Å². The van der Waals surface area contributed by atoms with E-state index in [-0.39, 0.29) is 11.7 Å².